The number of hydrogen-bond acceptors (Lipinski definition) is 3. The van der Waals surface area contributed by atoms with E-state index in [1.165, 1.54) is 0 Å². The summed E-state index contributed by atoms with van der Waals surface area (Å²) in [7, 11) is 0. The molecule has 2 aromatic rings. The van der Waals surface area contributed by atoms with Crippen LogP contribution >= 0.6 is 11.6 Å². The summed E-state index contributed by atoms with van der Waals surface area (Å²) >= 11 is 6.07. The molecule has 0 fully saturated rings. The molecule has 0 aliphatic rings. The first-order chi connectivity index (χ1) is 8.63. The van der Waals surface area contributed by atoms with E-state index in [1.807, 2.05) is 19.1 Å². The van der Waals surface area contributed by atoms with Crippen LogP contribution < -0.4 is 10.5 Å². The Balaban J connectivity index is 2.36. The number of nitrogens with two attached hydrogens (primary N) is 1. The van der Waals surface area contributed by atoms with Gasteiger partial charge in [0.05, 0.1) is 10.7 Å². The standard InChI is InChI=1S/C13H16ClN3O/c1-3-8-17-13(12(15)9(2)16-17)18-11-7-5-4-6-10(11)14/h4-7H,3,8,15H2,1-2H3. The first-order valence-electron chi connectivity index (χ1n) is 5.88. The van der Waals surface area contributed by atoms with Crippen molar-refractivity contribution in [2.45, 2.75) is 26.8 Å². The number of hydrogen-bond donors (Lipinski definition) is 1. The third-order valence-corrected chi connectivity index (χ3v) is 2.92. The summed E-state index contributed by atoms with van der Waals surface area (Å²) in [5.41, 5.74) is 7.31. The number of rotatable bonds is 4. The van der Waals surface area contributed by atoms with Gasteiger partial charge < -0.3 is 10.5 Å². The Kier molecular flexibility index (Phi) is 3.77. The number of aryl methyl sites for hydroxylation is 2. The SMILES string of the molecule is CCCn1nc(C)c(N)c1Oc1ccccc1Cl. The van der Waals surface area contributed by atoms with Crippen LogP contribution in [0.15, 0.2) is 24.3 Å². The van der Waals surface area contributed by atoms with Crippen molar-refractivity contribution in [2.75, 3.05) is 5.73 Å². The number of para-hydroxylation sites is 1. The Morgan fingerprint density at radius 1 is 1.39 bits per heavy atom. The van der Waals surface area contributed by atoms with Gasteiger partial charge in [0, 0.05) is 6.54 Å². The maximum absolute atomic E-state index is 6.07. The Hall–Kier alpha value is -1.68. The average Bonchev–Trinajstić information content (AvgIpc) is 2.60. The van der Waals surface area contributed by atoms with E-state index < -0.39 is 0 Å². The highest BCUT2D eigenvalue weighted by atomic mass is 35.5. The molecule has 0 bridgehead atoms. The molecule has 0 atom stereocenters. The van der Waals surface area contributed by atoms with Crippen LogP contribution in [0, 0.1) is 6.92 Å². The topological polar surface area (TPSA) is 53.1 Å². The molecule has 1 heterocycles. The smallest absolute Gasteiger partial charge is 0.241 e. The van der Waals surface area contributed by atoms with Crippen molar-refractivity contribution in [3.63, 3.8) is 0 Å². The van der Waals surface area contributed by atoms with Gasteiger partial charge in [-0.05, 0) is 25.5 Å². The third kappa shape index (κ3) is 2.43. The number of aromatic nitrogens is 2. The lowest BCUT2D eigenvalue weighted by Crippen LogP contribution is -2.02. The van der Waals surface area contributed by atoms with Crippen LogP contribution in [0.3, 0.4) is 0 Å². The van der Waals surface area contributed by atoms with Crippen LogP contribution in [0.5, 0.6) is 11.6 Å². The van der Waals surface area contributed by atoms with Crippen LogP contribution in [-0.2, 0) is 6.54 Å². The predicted octanol–water partition coefficient (Wildman–Crippen LogP) is 3.63. The van der Waals surface area contributed by atoms with Gasteiger partial charge in [-0.15, -0.1) is 0 Å². The van der Waals surface area contributed by atoms with Gasteiger partial charge in [-0.3, -0.25) is 0 Å². The van der Waals surface area contributed by atoms with Gasteiger partial charge in [-0.2, -0.15) is 5.10 Å². The number of nitrogen functional groups attached to an aromatic ring is 1. The Labute approximate surface area is 111 Å². The van der Waals surface area contributed by atoms with Gasteiger partial charge in [0.25, 0.3) is 0 Å². The fourth-order valence-electron chi connectivity index (χ4n) is 1.68. The summed E-state index contributed by atoms with van der Waals surface area (Å²) in [6, 6.07) is 7.30. The van der Waals surface area contributed by atoms with E-state index in [4.69, 9.17) is 22.1 Å². The highest BCUT2D eigenvalue weighted by molar-refractivity contribution is 6.32. The molecule has 1 aromatic carbocycles. The molecular formula is C13H16ClN3O. The van der Waals surface area contributed by atoms with E-state index in [9.17, 15) is 0 Å². The third-order valence-electron chi connectivity index (χ3n) is 2.60. The second-order valence-electron chi connectivity index (χ2n) is 4.06. The van der Waals surface area contributed by atoms with Gasteiger partial charge in [0.1, 0.15) is 11.4 Å². The zero-order valence-corrected chi connectivity index (χ0v) is 11.2. The molecule has 96 valence electrons. The summed E-state index contributed by atoms with van der Waals surface area (Å²) in [4.78, 5) is 0. The highest BCUT2D eigenvalue weighted by Gasteiger charge is 2.15. The van der Waals surface area contributed by atoms with Crippen LogP contribution in [-0.4, -0.2) is 9.78 Å². The molecule has 0 saturated carbocycles. The van der Waals surface area contributed by atoms with E-state index in [2.05, 4.69) is 12.0 Å². The molecule has 0 aliphatic carbocycles. The minimum Gasteiger partial charge on any atom is -0.436 e. The Bertz CT molecular complexity index is 551. The minimum absolute atomic E-state index is 0.554. The second kappa shape index (κ2) is 5.31. The van der Waals surface area contributed by atoms with Gasteiger partial charge in [0.2, 0.25) is 5.88 Å². The normalized spacial score (nSPS) is 10.6. The molecule has 0 radical (unpaired) electrons. The minimum atomic E-state index is 0.554. The first-order valence-corrected chi connectivity index (χ1v) is 6.26. The van der Waals surface area contributed by atoms with Crippen molar-refractivity contribution < 1.29 is 4.74 Å². The molecule has 18 heavy (non-hydrogen) atoms. The van der Waals surface area contributed by atoms with Crippen molar-refractivity contribution in [2.24, 2.45) is 0 Å². The molecule has 1 aromatic heterocycles. The second-order valence-corrected chi connectivity index (χ2v) is 4.47. The number of nitrogens with zero attached hydrogens (tertiary/aromatic N) is 2. The van der Waals surface area contributed by atoms with Gasteiger partial charge in [-0.25, -0.2) is 4.68 Å². The van der Waals surface area contributed by atoms with Crippen molar-refractivity contribution >= 4 is 17.3 Å². The molecule has 4 nitrogen and oxygen atoms in total. The predicted molar refractivity (Wildman–Crippen MR) is 73.2 cm³/mol. The highest BCUT2D eigenvalue weighted by Crippen LogP contribution is 2.33. The fraction of sp³-hybridized carbons (Fsp3) is 0.308. The summed E-state index contributed by atoms with van der Waals surface area (Å²) in [6.45, 7) is 4.70. The van der Waals surface area contributed by atoms with Crippen molar-refractivity contribution in [1.29, 1.82) is 0 Å². The first kappa shape index (κ1) is 12.8. The summed E-state index contributed by atoms with van der Waals surface area (Å²) in [5.74, 6) is 1.14. The number of ether oxygens (including phenoxy) is 1. The fourth-order valence-corrected chi connectivity index (χ4v) is 1.85. The van der Waals surface area contributed by atoms with Crippen LogP contribution in [0.1, 0.15) is 19.0 Å². The zero-order chi connectivity index (χ0) is 13.1. The van der Waals surface area contributed by atoms with Crippen molar-refractivity contribution in [3.05, 3.63) is 35.0 Å². The van der Waals surface area contributed by atoms with E-state index in [1.54, 1.807) is 16.8 Å². The van der Waals surface area contributed by atoms with Gasteiger partial charge in [0.15, 0.2) is 0 Å². The largest absolute Gasteiger partial charge is 0.436 e. The molecule has 2 N–H and O–H groups in total. The average molecular weight is 266 g/mol. The molecule has 0 aliphatic heterocycles. The Morgan fingerprint density at radius 3 is 2.78 bits per heavy atom. The molecule has 5 heteroatoms. The van der Waals surface area contributed by atoms with Crippen molar-refractivity contribution in [3.8, 4) is 11.6 Å². The maximum atomic E-state index is 6.07. The van der Waals surface area contributed by atoms with Crippen LogP contribution in [0.25, 0.3) is 0 Å². The molecule has 0 unspecified atom stereocenters. The molecular weight excluding hydrogens is 250 g/mol. The van der Waals surface area contributed by atoms with Gasteiger partial charge in [-0.1, -0.05) is 30.7 Å². The number of anilines is 1. The Morgan fingerprint density at radius 2 is 2.11 bits per heavy atom. The summed E-state index contributed by atoms with van der Waals surface area (Å²) < 4.78 is 7.56. The number of benzene rings is 1. The van der Waals surface area contributed by atoms with Crippen LogP contribution in [0.2, 0.25) is 5.02 Å². The van der Waals surface area contributed by atoms with Gasteiger partial charge >= 0.3 is 0 Å². The van der Waals surface area contributed by atoms with Crippen molar-refractivity contribution in [1.82, 2.24) is 9.78 Å². The lowest BCUT2D eigenvalue weighted by Gasteiger charge is -2.10. The van der Waals surface area contributed by atoms with E-state index in [-0.39, 0.29) is 0 Å². The molecule has 0 amide bonds. The summed E-state index contributed by atoms with van der Waals surface area (Å²) in [5, 5.41) is 4.90. The molecule has 0 spiro atoms. The molecule has 0 saturated heterocycles. The lowest BCUT2D eigenvalue weighted by atomic mass is 10.3. The quantitative estimate of drug-likeness (QED) is 0.918. The maximum Gasteiger partial charge on any atom is 0.241 e. The van der Waals surface area contributed by atoms with Crippen LogP contribution in [0.4, 0.5) is 5.69 Å². The summed E-state index contributed by atoms with van der Waals surface area (Å²) in [6.07, 6.45) is 0.958. The van der Waals surface area contributed by atoms with E-state index in [0.29, 0.717) is 22.3 Å². The van der Waals surface area contributed by atoms with E-state index in [0.717, 1.165) is 18.7 Å². The van der Waals surface area contributed by atoms with E-state index >= 15 is 0 Å². The zero-order valence-electron chi connectivity index (χ0n) is 10.5. The lowest BCUT2D eigenvalue weighted by molar-refractivity contribution is 0.410. The molecule has 2 rings (SSSR count). The monoisotopic (exact) mass is 265 g/mol. The number of halogens is 1.